The molecule has 0 atom stereocenters. The molecule has 0 bridgehead atoms. The largest absolute Gasteiger partial charge is 0.482 e. The highest BCUT2D eigenvalue weighted by Gasteiger charge is 2.06. The van der Waals surface area contributed by atoms with Crippen molar-refractivity contribution in [3.8, 4) is 11.8 Å². The Morgan fingerprint density at radius 1 is 1.23 bits per heavy atom. The lowest BCUT2D eigenvalue weighted by atomic mass is 10.1. The third kappa shape index (κ3) is 4.80. The zero-order valence-corrected chi connectivity index (χ0v) is 12.6. The van der Waals surface area contributed by atoms with E-state index in [1.54, 1.807) is 24.3 Å². The maximum Gasteiger partial charge on any atom is 0.257 e. The van der Waals surface area contributed by atoms with E-state index in [-0.39, 0.29) is 12.5 Å². The lowest BCUT2D eigenvalue weighted by molar-refractivity contribution is -0.123. The van der Waals surface area contributed by atoms with Gasteiger partial charge in [-0.2, -0.15) is 5.26 Å². The van der Waals surface area contributed by atoms with Crippen molar-refractivity contribution in [1.29, 1.82) is 5.26 Å². The molecule has 2 aromatic rings. The summed E-state index contributed by atoms with van der Waals surface area (Å²) in [5.74, 6) is 0.185. The number of amides is 1. The number of carbonyl (C=O) groups is 1. The Morgan fingerprint density at radius 3 is 2.82 bits per heavy atom. The predicted octanol–water partition coefficient (Wildman–Crippen LogP) is 2.95. The van der Waals surface area contributed by atoms with Crippen LogP contribution >= 0.6 is 11.6 Å². The van der Waals surface area contributed by atoms with Crippen molar-refractivity contribution in [2.24, 2.45) is 0 Å². The number of nitrogens with one attached hydrogen (secondary N) is 1. The number of hydrogen-bond donors (Lipinski definition) is 1. The molecule has 0 spiro atoms. The summed E-state index contributed by atoms with van der Waals surface area (Å²) in [7, 11) is 0. The molecule has 5 heteroatoms. The Kier molecular flexibility index (Phi) is 5.81. The summed E-state index contributed by atoms with van der Waals surface area (Å²) < 4.78 is 5.36. The first-order valence-corrected chi connectivity index (χ1v) is 7.20. The van der Waals surface area contributed by atoms with Gasteiger partial charge in [-0.05, 0) is 36.2 Å². The van der Waals surface area contributed by atoms with Crippen molar-refractivity contribution in [2.45, 2.75) is 6.42 Å². The van der Waals surface area contributed by atoms with E-state index in [4.69, 9.17) is 21.6 Å². The van der Waals surface area contributed by atoms with E-state index in [0.29, 0.717) is 29.3 Å². The van der Waals surface area contributed by atoms with Crippen LogP contribution in [0.5, 0.6) is 5.75 Å². The van der Waals surface area contributed by atoms with E-state index in [9.17, 15) is 4.79 Å². The van der Waals surface area contributed by atoms with Crippen LogP contribution < -0.4 is 10.1 Å². The topological polar surface area (TPSA) is 62.1 Å². The Hall–Kier alpha value is -2.51. The highest BCUT2D eigenvalue weighted by molar-refractivity contribution is 6.30. The molecular formula is C17H15ClN2O2. The highest BCUT2D eigenvalue weighted by Crippen LogP contribution is 2.16. The molecule has 2 rings (SSSR count). The van der Waals surface area contributed by atoms with Crippen molar-refractivity contribution < 1.29 is 9.53 Å². The summed E-state index contributed by atoms with van der Waals surface area (Å²) in [5.41, 5.74) is 1.47. The first kappa shape index (κ1) is 15.9. The van der Waals surface area contributed by atoms with Gasteiger partial charge in [0.2, 0.25) is 0 Å². The van der Waals surface area contributed by atoms with E-state index in [0.717, 1.165) is 5.56 Å². The second kappa shape index (κ2) is 8.06. The van der Waals surface area contributed by atoms with Crippen LogP contribution in [-0.2, 0) is 11.2 Å². The predicted molar refractivity (Wildman–Crippen MR) is 84.8 cm³/mol. The molecule has 112 valence electrons. The Bertz CT molecular complexity index is 695. The van der Waals surface area contributed by atoms with Gasteiger partial charge in [0, 0.05) is 11.6 Å². The molecule has 0 aliphatic rings. The Balaban J connectivity index is 1.75. The van der Waals surface area contributed by atoms with Gasteiger partial charge in [-0.25, -0.2) is 0 Å². The fraction of sp³-hybridized carbons (Fsp3) is 0.176. The average Bonchev–Trinajstić information content (AvgIpc) is 2.53. The SMILES string of the molecule is N#Cc1ccccc1OCC(=O)NCCc1cccc(Cl)c1. The van der Waals surface area contributed by atoms with Crippen molar-refractivity contribution in [3.05, 3.63) is 64.7 Å². The number of hydrogen-bond acceptors (Lipinski definition) is 3. The van der Waals surface area contributed by atoms with Crippen molar-refractivity contribution in [1.82, 2.24) is 5.32 Å². The average molecular weight is 315 g/mol. The molecule has 0 saturated heterocycles. The van der Waals surface area contributed by atoms with E-state index in [1.807, 2.05) is 30.3 Å². The van der Waals surface area contributed by atoms with Gasteiger partial charge in [-0.1, -0.05) is 35.9 Å². The minimum Gasteiger partial charge on any atom is -0.482 e. The van der Waals surface area contributed by atoms with Gasteiger partial charge in [0.15, 0.2) is 6.61 Å². The van der Waals surface area contributed by atoms with Gasteiger partial charge in [0.1, 0.15) is 11.8 Å². The van der Waals surface area contributed by atoms with Gasteiger partial charge < -0.3 is 10.1 Å². The standard InChI is InChI=1S/C17H15ClN2O2/c18-15-6-3-4-13(10-15)8-9-20-17(21)12-22-16-7-2-1-5-14(16)11-19/h1-7,10H,8-9,12H2,(H,20,21). The van der Waals surface area contributed by atoms with E-state index < -0.39 is 0 Å². The normalized spacial score (nSPS) is 9.82. The van der Waals surface area contributed by atoms with Crippen LogP contribution in [0, 0.1) is 11.3 Å². The number of rotatable bonds is 6. The van der Waals surface area contributed by atoms with E-state index in [2.05, 4.69) is 5.32 Å². The summed E-state index contributed by atoms with van der Waals surface area (Å²) >= 11 is 5.90. The van der Waals surface area contributed by atoms with Gasteiger partial charge in [-0.15, -0.1) is 0 Å². The van der Waals surface area contributed by atoms with Crippen LogP contribution in [0.1, 0.15) is 11.1 Å². The molecule has 0 fully saturated rings. The van der Waals surface area contributed by atoms with Crippen LogP contribution in [-0.4, -0.2) is 19.1 Å². The number of ether oxygens (including phenoxy) is 1. The van der Waals surface area contributed by atoms with Gasteiger partial charge in [0.25, 0.3) is 5.91 Å². The molecule has 0 unspecified atom stereocenters. The summed E-state index contributed by atoms with van der Waals surface area (Å²) in [6, 6.07) is 16.3. The second-order valence-electron chi connectivity index (χ2n) is 4.63. The zero-order valence-electron chi connectivity index (χ0n) is 11.9. The molecule has 0 heterocycles. The molecule has 4 nitrogen and oxygen atoms in total. The van der Waals surface area contributed by atoms with Crippen LogP contribution in [0.3, 0.4) is 0 Å². The summed E-state index contributed by atoms with van der Waals surface area (Å²) in [6.45, 7) is 0.386. The molecule has 0 saturated carbocycles. The highest BCUT2D eigenvalue weighted by atomic mass is 35.5. The number of halogens is 1. The summed E-state index contributed by atoms with van der Waals surface area (Å²) in [4.78, 5) is 11.7. The number of nitriles is 1. The van der Waals surface area contributed by atoms with Crippen LogP contribution in [0.2, 0.25) is 5.02 Å². The zero-order chi connectivity index (χ0) is 15.8. The minimum absolute atomic E-state index is 0.117. The monoisotopic (exact) mass is 314 g/mol. The number of benzene rings is 2. The fourth-order valence-corrected chi connectivity index (χ4v) is 2.13. The van der Waals surface area contributed by atoms with Gasteiger partial charge in [0.05, 0.1) is 5.56 Å². The second-order valence-corrected chi connectivity index (χ2v) is 5.06. The van der Waals surface area contributed by atoms with E-state index in [1.165, 1.54) is 0 Å². The Morgan fingerprint density at radius 2 is 2.05 bits per heavy atom. The molecule has 1 N–H and O–H groups in total. The lowest BCUT2D eigenvalue weighted by Gasteiger charge is -2.08. The molecule has 2 aromatic carbocycles. The summed E-state index contributed by atoms with van der Waals surface area (Å²) in [6.07, 6.45) is 0.696. The first-order valence-electron chi connectivity index (χ1n) is 6.82. The molecule has 22 heavy (non-hydrogen) atoms. The van der Waals surface area contributed by atoms with Gasteiger partial charge >= 0.3 is 0 Å². The van der Waals surface area contributed by atoms with Crippen molar-refractivity contribution in [3.63, 3.8) is 0 Å². The number of para-hydroxylation sites is 1. The quantitative estimate of drug-likeness (QED) is 0.891. The van der Waals surface area contributed by atoms with Crippen LogP contribution in [0.15, 0.2) is 48.5 Å². The molecular weight excluding hydrogens is 300 g/mol. The molecule has 0 radical (unpaired) electrons. The van der Waals surface area contributed by atoms with Crippen LogP contribution in [0.25, 0.3) is 0 Å². The third-order valence-electron chi connectivity index (χ3n) is 2.99. The van der Waals surface area contributed by atoms with Crippen molar-refractivity contribution >= 4 is 17.5 Å². The molecule has 0 aromatic heterocycles. The van der Waals surface area contributed by atoms with Crippen LogP contribution in [0.4, 0.5) is 0 Å². The first-order chi connectivity index (χ1) is 10.7. The van der Waals surface area contributed by atoms with E-state index >= 15 is 0 Å². The third-order valence-corrected chi connectivity index (χ3v) is 3.23. The maximum absolute atomic E-state index is 11.7. The van der Waals surface area contributed by atoms with Crippen molar-refractivity contribution in [2.75, 3.05) is 13.2 Å². The lowest BCUT2D eigenvalue weighted by Crippen LogP contribution is -2.30. The molecule has 0 aliphatic carbocycles. The maximum atomic E-state index is 11.7. The number of nitrogens with zero attached hydrogens (tertiary/aromatic N) is 1. The van der Waals surface area contributed by atoms with Gasteiger partial charge in [-0.3, -0.25) is 4.79 Å². The summed E-state index contributed by atoms with van der Waals surface area (Å²) in [5, 5.41) is 12.4. The minimum atomic E-state index is -0.227. The number of carbonyl (C=O) groups excluding carboxylic acids is 1. The smallest absolute Gasteiger partial charge is 0.257 e. The molecule has 1 amide bonds. The Labute approximate surface area is 134 Å². The molecule has 0 aliphatic heterocycles. The fourth-order valence-electron chi connectivity index (χ4n) is 1.92.